The Labute approximate surface area is 100 Å². The number of aliphatic hydroxyl groups excluding tert-OH is 2. The minimum atomic E-state index is -0.965. The van der Waals surface area contributed by atoms with E-state index in [4.69, 9.17) is 9.84 Å². The lowest BCUT2D eigenvalue weighted by molar-refractivity contribution is -0.0469. The van der Waals surface area contributed by atoms with Gasteiger partial charge in [-0.15, -0.1) is 4.79 Å². The Hall–Kier alpha value is -1.09. The molecule has 1 aliphatic rings. The highest BCUT2D eigenvalue weighted by atomic mass is 32.1. The zero-order valence-electron chi connectivity index (χ0n) is 8.69. The Morgan fingerprint density at radius 2 is 2.35 bits per heavy atom. The van der Waals surface area contributed by atoms with Crippen molar-refractivity contribution in [3.05, 3.63) is 27.4 Å². The molecule has 1 aliphatic heterocycles. The monoisotopic (exact) mass is 262 g/mol. The van der Waals surface area contributed by atoms with Gasteiger partial charge in [0, 0.05) is 12.6 Å². The molecule has 0 bridgehead atoms. The lowest BCUT2D eigenvalue weighted by atomic mass is 10.2. The van der Waals surface area contributed by atoms with Gasteiger partial charge < -0.3 is 14.9 Å². The van der Waals surface area contributed by atoms with Crippen molar-refractivity contribution in [1.29, 1.82) is 0 Å². The summed E-state index contributed by atoms with van der Waals surface area (Å²) in [5.74, 6) is 0. The molecule has 0 aromatic carbocycles. The number of nitrogens with zero attached hydrogens (tertiary/aromatic N) is 2. The molecule has 0 radical (unpaired) electrons. The van der Waals surface area contributed by atoms with Crippen LogP contribution in [-0.4, -0.2) is 38.4 Å². The van der Waals surface area contributed by atoms with Crippen molar-refractivity contribution >= 4 is 12.2 Å². The lowest BCUT2D eigenvalue weighted by Crippen LogP contribution is -2.30. The molecule has 2 heterocycles. The summed E-state index contributed by atoms with van der Waals surface area (Å²) < 4.78 is 19.2. The van der Waals surface area contributed by atoms with Gasteiger partial charge >= 0.3 is 5.69 Å². The van der Waals surface area contributed by atoms with Gasteiger partial charge in [-0.05, 0) is 6.07 Å². The van der Waals surface area contributed by atoms with Crippen LogP contribution < -0.4 is 5.69 Å². The fourth-order valence-corrected chi connectivity index (χ4v) is 1.88. The van der Waals surface area contributed by atoms with Gasteiger partial charge in [0.1, 0.15) is 17.0 Å². The Morgan fingerprint density at radius 3 is 2.94 bits per heavy atom. The van der Waals surface area contributed by atoms with Crippen LogP contribution in [0.1, 0.15) is 12.6 Å². The molecule has 1 saturated heterocycles. The molecule has 1 aromatic heterocycles. The van der Waals surface area contributed by atoms with Crippen molar-refractivity contribution in [3.63, 3.8) is 0 Å². The molecule has 0 spiro atoms. The molecule has 1 fully saturated rings. The third kappa shape index (κ3) is 2.16. The minimum absolute atomic E-state index is 0.113. The fraction of sp³-hybridized carbons (Fsp3) is 0.556. The van der Waals surface area contributed by atoms with Gasteiger partial charge in [0.2, 0.25) is 0 Å². The molecule has 94 valence electrons. The van der Waals surface area contributed by atoms with Crippen LogP contribution >= 0.6 is 12.2 Å². The molecule has 6 nitrogen and oxygen atoms in total. The molecule has 0 saturated carbocycles. The van der Waals surface area contributed by atoms with E-state index >= 15 is 0 Å². The summed E-state index contributed by atoms with van der Waals surface area (Å²) in [6, 6.07) is 1.25. The maximum Gasteiger partial charge on any atom is 0.359 e. The van der Waals surface area contributed by atoms with E-state index in [-0.39, 0.29) is 22.5 Å². The summed E-state index contributed by atoms with van der Waals surface area (Å²) >= 11 is 4.59. The first-order chi connectivity index (χ1) is 8.04. The summed E-state index contributed by atoms with van der Waals surface area (Å²) in [4.78, 5) is 11.4. The topological polar surface area (TPSA) is 76.6 Å². The zero-order chi connectivity index (χ0) is 12.6. The number of halogens is 1. The summed E-state index contributed by atoms with van der Waals surface area (Å²) in [5, 5.41) is 18.4. The fourth-order valence-electron chi connectivity index (χ4n) is 1.74. The first-order valence-electron chi connectivity index (χ1n) is 4.99. The predicted octanol–water partition coefficient (Wildman–Crippen LogP) is -0.247. The standard InChI is InChI=1S/C9H11FN2O4S/c10-12-8(17)1-2-11(9(12)15)7-3-5(14)6(4-13)16-7/h1-2,5-7,13-14H,3-4H2/t5-,6+,7+/m0/s1. The number of hydrogen-bond donors (Lipinski definition) is 2. The van der Waals surface area contributed by atoms with Crippen LogP contribution in [0.2, 0.25) is 0 Å². The van der Waals surface area contributed by atoms with Gasteiger partial charge in [-0.3, -0.25) is 4.57 Å². The number of aliphatic hydroxyl groups is 2. The second-order valence-corrected chi connectivity index (χ2v) is 4.16. The predicted molar refractivity (Wildman–Crippen MR) is 57.7 cm³/mol. The normalized spacial score (nSPS) is 28.5. The van der Waals surface area contributed by atoms with Crippen molar-refractivity contribution in [3.8, 4) is 0 Å². The van der Waals surface area contributed by atoms with Crippen molar-refractivity contribution < 1.29 is 19.4 Å². The van der Waals surface area contributed by atoms with Gasteiger partial charge in [0.15, 0.2) is 0 Å². The van der Waals surface area contributed by atoms with Gasteiger partial charge in [-0.2, -0.15) is 0 Å². The molecule has 1 aromatic rings. The van der Waals surface area contributed by atoms with Crippen molar-refractivity contribution in [2.24, 2.45) is 0 Å². The maximum absolute atomic E-state index is 13.2. The number of rotatable bonds is 2. The molecule has 0 aliphatic carbocycles. The first kappa shape index (κ1) is 12.4. The van der Waals surface area contributed by atoms with E-state index < -0.39 is 24.1 Å². The Bertz CT molecular complexity index is 528. The lowest BCUT2D eigenvalue weighted by Gasteiger charge is -2.14. The number of ether oxygens (including phenoxy) is 1. The Morgan fingerprint density at radius 1 is 1.65 bits per heavy atom. The quantitative estimate of drug-likeness (QED) is 0.719. The number of hydrogen-bond acceptors (Lipinski definition) is 5. The molecule has 0 unspecified atom stereocenters. The van der Waals surface area contributed by atoms with E-state index in [1.165, 1.54) is 12.3 Å². The van der Waals surface area contributed by atoms with E-state index in [2.05, 4.69) is 12.2 Å². The van der Waals surface area contributed by atoms with Gasteiger partial charge in [-0.1, -0.05) is 16.7 Å². The molecule has 2 rings (SSSR count). The van der Waals surface area contributed by atoms with E-state index in [0.717, 1.165) is 4.57 Å². The van der Waals surface area contributed by atoms with Gasteiger partial charge in [0.25, 0.3) is 0 Å². The second-order valence-electron chi connectivity index (χ2n) is 3.74. The summed E-state index contributed by atoms with van der Waals surface area (Å²) in [6.07, 6.45) is -1.02. The molecule has 0 amide bonds. The Kier molecular flexibility index (Phi) is 3.38. The third-order valence-electron chi connectivity index (χ3n) is 2.65. The highest BCUT2D eigenvalue weighted by Crippen LogP contribution is 2.27. The zero-order valence-corrected chi connectivity index (χ0v) is 9.51. The van der Waals surface area contributed by atoms with Crippen LogP contribution in [0.4, 0.5) is 4.48 Å². The summed E-state index contributed by atoms with van der Waals surface area (Å²) in [6.45, 7) is -0.360. The van der Waals surface area contributed by atoms with Gasteiger partial charge in [0.05, 0.1) is 12.7 Å². The Balaban J connectivity index is 2.34. The van der Waals surface area contributed by atoms with E-state index in [1.807, 2.05) is 0 Å². The van der Waals surface area contributed by atoms with E-state index in [1.54, 1.807) is 0 Å². The van der Waals surface area contributed by atoms with Crippen LogP contribution in [0.3, 0.4) is 0 Å². The van der Waals surface area contributed by atoms with E-state index in [0.29, 0.717) is 0 Å². The first-order valence-corrected chi connectivity index (χ1v) is 5.40. The van der Waals surface area contributed by atoms with Gasteiger partial charge in [-0.25, -0.2) is 4.79 Å². The largest absolute Gasteiger partial charge is 0.394 e. The van der Waals surface area contributed by atoms with Crippen LogP contribution in [-0.2, 0) is 4.74 Å². The number of aromatic nitrogens is 2. The third-order valence-corrected chi connectivity index (χ3v) is 2.95. The van der Waals surface area contributed by atoms with Crippen LogP contribution in [0.5, 0.6) is 0 Å². The summed E-state index contributed by atoms with van der Waals surface area (Å²) in [7, 11) is 0. The average Bonchev–Trinajstić information content (AvgIpc) is 2.67. The molecule has 8 heteroatoms. The van der Waals surface area contributed by atoms with E-state index in [9.17, 15) is 14.4 Å². The highest BCUT2D eigenvalue weighted by molar-refractivity contribution is 7.71. The minimum Gasteiger partial charge on any atom is -0.394 e. The highest BCUT2D eigenvalue weighted by Gasteiger charge is 2.35. The molecular weight excluding hydrogens is 251 g/mol. The maximum atomic E-state index is 13.2. The van der Waals surface area contributed by atoms with Crippen LogP contribution in [0.15, 0.2) is 17.1 Å². The van der Waals surface area contributed by atoms with Crippen molar-refractivity contribution in [1.82, 2.24) is 9.36 Å². The van der Waals surface area contributed by atoms with Crippen molar-refractivity contribution in [2.75, 3.05) is 6.61 Å². The average molecular weight is 262 g/mol. The molecular formula is C9H11FN2O4S. The van der Waals surface area contributed by atoms with Crippen LogP contribution in [0, 0.1) is 4.64 Å². The second kappa shape index (κ2) is 4.65. The molecule has 17 heavy (non-hydrogen) atoms. The SMILES string of the molecule is O=c1n([C@H]2C[C@H](O)[C@@H](CO)O2)ccc(=S)n1F. The summed E-state index contributed by atoms with van der Waals surface area (Å²) in [5.41, 5.74) is -0.965. The van der Waals surface area contributed by atoms with Crippen LogP contribution in [0.25, 0.3) is 0 Å². The molecule has 2 N–H and O–H groups in total. The smallest absolute Gasteiger partial charge is 0.359 e. The molecule has 3 atom stereocenters. The van der Waals surface area contributed by atoms with Crippen molar-refractivity contribution in [2.45, 2.75) is 24.9 Å².